The summed E-state index contributed by atoms with van der Waals surface area (Å²) < 4.78 is 0. The average molecular weight is 315 g/mol. The lowest BCUT2D eigenvalue weighted by atomic mass is 10.2. The number of primary amides is 1. The van der Waals surface area contributed by atoms with Gasteiger partial charge in [0, 0.05) is 18.0 Å². The molecule has 0 aliphatic heterocycles. The lowest BCUT2D eigenvalue weighted by molar-refractivity contribution is -0.160. The second-order valence-electron chi connectivity index (χ2n) is 4.24. The number of hydrazine groups is 1. The maximum atomic E-state index is 12.3. The van der Waals surface area contributed by atoms with Crippen molar-refractivity contribution in [2.45, 2.75) is 0 Å². The van der Waals surface area contributed by atoms with Gasteiger partial charge in [0.15, 0.2) is 6.61 Å². The molecule has 1 aromatic heterocycles. The van der Waals surface area contributed by atoms with E-state index in [1.807, 2.05) is 0 Å². The molecule has 0 bridgehead atoms. The van der Waals surface area contributed by atoms with Gasteiger partial charge >= 0.3 is 0 Å². The van der Waals surface area contributed by atoms with Crippen LogP contribution in [-0.4, -0.2) is 39.5 Å². The number of rotatable bonds is 5. The van der Waals surface area contributed by atoms with Crippen molar-refractivity contribution in [2.75, 3.05) is 6.61 Å². The molecular formula is C14H13N5O4. The van der Waals surface area contributed by atoms with Crippen LogP contribution in [0.1, 0.15) is 20.8 Å². The molecule has 0 aliphatic carbocycles. The van der Waals surface area contributed by atoms with Crippen LogP contribution < -0.4 is 11.2 Å². The van der Waals surface area contributed by atoms with Gasteiger partial charge in [-0.15, -0.1) is 5.17 Å². The first kappa shape index (κ1) is 16.0. The maximum absolute atomic E-state index is 12.3. The van der Waals surface area contributed by atoms with Crippen molar-refractivity contribution < 1.29 is 19.2 Å². The summed E-state index contributed by atoms with van der Waals surface area (Å²) in [5.41, 5.74) is 7.40. The highest BCUT2D eigenvalue weighted by Crippen LogP contribution is 2.04. The Bertz CT molecular complexity index is 693. The number of hydrogen-bond donors (Lipinski definition) is 2. The Morgan fingerprint density at radius 2 is 1.91 bits per heavy atom. The van der Waals surface area contributed by atoms with Gasteiger partial charge in [-0.1, -0.05) is 18.2 Å². The number of hydroxylamine groups is 1. The lowest BCUT2D eigenvalue weighted by Crippen LogP contribution is -2.47. The van der Waals surface area contributed by atoms with Crippen LogP contribution in [0, 0.1) is 0 Å². The van der Waals surface area contributed by atoms with Gasteiger partial charge in [-0.25, -0.2) is 15.2 Å². The Morgan fingerprint density at radius 3 is 2.52 bits per heavy atom. The smallest absolute Gasteiger partial charge is 0.297 e. The fourth-order valence-electron chi connectivity index (χ4n) is 1.53. The van der Waals surface area contributed by atoms with Gasteiger partial charge in [0.2, 0.25) is 5.91 Å². The first-order valence-corrected chi connectivity index (χ1v) is 6.45. The standard InChI is InChI=1S/C14H13N5O4/c15-12(20)9-23-19(14(22)10-4-2-1-3-5-10)18-13(21)11-8-16-6-7-17-11/h1-8H,9H2,(H2,15,20)(H,18,21). The molecule has 3 amide bonds. The van der Waals surface area contributed by atoms with E-state index in [1.54, 1.807) is 18.2 Å². The fraction of sp³-hybridized carbons (Fsp3) is 0.0714. The molecule has 0 fully saturated rings. The van der Waals surface area contributed by atoms with E-state index in [-0.39, 0.29) is 11.3 Å². The first-order valence-electron chi connectivity index (χ1n) is 6.45. The molecule has 23 heavy (non-hydrogen) atoms. The van der Waals surface area contributed by atoms with Crippen molar-refractivity contribution in [2.24, 2.45) is 5.73 Å². The SMILES string of the molecule is NC(=O)CON(NC(=O)c1cnccn1)C(=O)c1ccccc1. The summed E-state index contributed by atoms with van der Waals surface area (Å²) in [6.07, 6.45) is 3.93. The second kappa shape index (κ2) is 7.61. The molecule has 3 N–H and O–H groups in total. The summed E-state index contributed by atoms with van der Waals surface area (Å²) in [5, 5.41) is 0.539. The second-order valence-corrected chi connectivity index (χ2v) is 4.24. The molecule has 1 aromatic carbocycles. The minimum atomic E-state index is -0.801. The number of hydrogen-bond acceptors (Lipinski definition) is 6. The van der Waals surface area contributed by atoms with Crippen LogP contribution in [0.2, 0.25) is 0 Å². The highest BCUT2D eigenvalue weighted by molar-refractivity contribution is 5.97. The van der Waals surface area contributed by atoms with Crippen LogP contribution in [0.4, 0.5) is 0 Å². The monoisotopic (exact) mass is 315 g/mol. The predicted molar refractivity (Wildman–Crippen MR) is 77.3 cm³/mol. The summed E-state index contributed by atoms with van der Waals surface area (Å²) in [4.78, 5) is 47.7. The Labute approximate surface area is 131 Å². The zero-order valence-corrected chi connectivity index (χ0v) is 11.9. The maximum Gasteiger partial charge on any atom is 0.297 e. The van der Waals surface area contributed by atoms with Gasteiger partial charge in [-0.3, -0.25) is 19.4 Å². The van der Waals surface area contributed by atoms with E-state index in [4.69, 9.17) is 10.6 Å². The van der Waals surface area contributed by atoms with E-state index in [9.17, 15) is 14.4 Å². The number of carbonyl (C=O) groups excluding carboxylic acids is 3. The summed E-state index contributed by atoms with van der Waals surface area (Å²) in [7, 11) is 0. The number of aromatic nitrogens is 2. The molecule has 9 nitrogen and oxygen atoms in total. The molecule has 0 saturated heterocycles. The minimum absolute atomic E-state index is 0.0268. The van der Waals surface area contributed by atoms with Crippen LogP contribution in [0.3, 0.4) is 0 Å². The van der Waals surface area contributed by atoms with E-state index >= 15 is 0 Å². The summed E-state index contributed by atoms with van der Waals surface area (Å²) >= 11 is 0. The van der Waals surface area contributed by atoms with Crippen molar-refractivity contribution in [1.29, 1.82) is 0 Å². The number of benzene rings is 1. The number of nitrogens with two attached hydrogens (primary N) is 1. The van der Waals surface area contributed by atoms with E-state index < -0.39 is 24.3 Å². The Hall–Kier alpha value is -3.33. The van der Waals surface area contributed by atoms with Gasteiger partial charge in [0.1, 0.15) is 5.69 Å². The third kappa shape index (κ3) is 4.58. The number of carbonyl (C=O) groups is 3. The predicted octanol–water partition coefficient (Wildman–Crippen LogP) is -0.319. The molecule has 0 spiro atoms. The van der Waals surface area contributed by atoms with Crippen molar-refractivity contribution in [3.8, 4) is 0 Å². The third-order valence-corrected chi connectivity index (χ3v) is 2.54. The summed E-state index contributed by atoms with van der Waals surface area (Å²) in [5.74, 6) is -2.21. The molecule has 2 aromatic rings. The van der Waals surface area contributed by atoms with Gasteiger partial charge in [-0.2, -0.15) is 0 Å². The van der Waals surface area contributed by atoms with Crippen molar-refractivity contribution in [1.82, 2.24) is 20.6 Å². The van der Waals surface area contributed by atoms with E-state index in [0.29, 0.717) is 5.17 Å². The fourth-order valence-corrected chi connectivity index (χ4v) is 1.53. The minimum Gasteiger partial charge on any atom is -0.368 e. The zero-order chi connectivity index (χ0) is 16.7. The van der Waals surface area contributed by atoms with E-state index in [1.165, 1.54) is 30.7 Å². The largest absolute Gasteiger partial charge is 0.368 e. The highest BCUT2D eigenvalue weighted by atomic mass is 16.7. The highest BCUT2D eigenvalue weighted by Gasteiger charge is 2.21. The Morgan fingerprint density at radius 1 is 1.17 bits per heavy atom. The summed E-state index contributed by atoms with van der Waals surface area (Å²) in [6, 6.07) is 8.06. The number of nitrogens with one attached hydrogen (secondary N) is 1. The molecule has 118 valence electrons. The molecule has 0 radical (unpaired) electrons. The van der Waals surface area contributed by atoms with Crippen molar-refractivity contribution in [3.63, 3.8) is 0 Å². The van der Waals surface area contributed by atoms with Crippen LogP contribution >= 0.6 is 0 Å². The molecule has 1 heterocycles. The topological polar surface area (TPSA) is 128 Å². The summed E-state index contributed by atoms with van der Waals surface area (Å²) in [6.45, 7) is -0.584. The van der Waals surface area contributed by atoms with E-state index in [0.717, 1.165) is 0 Å². The normalized spacial score (nSPS) is 9.91. The van der Waals surface area contributed by atoms with Gasteiger partial charge in [0.05, 0.1) is 6.20 Å². The van der Waals surface area contributed by atoms with Crippen LogP contribution in [0.25, 0.3) is 0 Å². The third-order valence-electron chi connectivity index (χ3n) is 2.54. The van der Waals surface area contributed by atoms with E-state index in [2.05, 4.69) is 15.4 Å². The van der Waals surface area contributed by atoms with Crippen LogP contribution in [0.5, 0.6) is 0 Å². The van der Waals surface area contributed by atoms with Crippen molar-refractivity contribution >= 4 is 17.7 Å². The Balaban J connectivity index is 2.15. The molecule has 0 aliphatic rings. The molecular weight excluding hydrogens is 302 g/mol. The van der Waals surface area contributed by atoms with Gasteiger partial charge in [0.25, 0.3) is 11.8 Å². The van der Waals surface area contributed by atoms with Gasteiger partial charge in [-0.05, 0) is 12.1 Å². The quantitative estimate of drug-likeness (QED) is 0.728. The molecule has 0 saturated carbocycles. The average Bonchev–Trinajstić information content (AvgIpc) is 2.59. The molecule has 0 unspecified atom stereocenters. The number of nitrogens with zero attached hydrogens (tertiary/aromatic N) is 3. The van der Waals surface area contributed by atoms with Crippen molar-refractivity contribution in [3.05, 3.63) is 60.2 Å². The zero-order valence-electron chi connectivity index (χ0n) is 11.9. The lowest BCUT2D eigenvalue weighted by Gasteiger charge is -2.21. The molecule has 0 atom stereocenters. The van der Waals surface area contributed by atoms with Crippen LogP contribution in [-0.2, 0) is 9.63 Å². The molecule has 9 heteroatoms. The number of amides is 3. The van der Waals surface area contributed by atoms with Crippen LogP contribution in [0.15, 0.2) is 48.9 Å². The first-order chi connectivity index (χ1) is 11.1. The van der Waals surface area contributed by atoms with Gasteiger partial charge < -0.3 is 5.73 Å². The Kier molecular flexibility index (Phi) is 5.31. The molecule has 2 rings (SSSR count).